The third-order valence-electron chi connectivity index (χ3n) is 3.07. The molecule has 0 aliphatic heterocycles. The van der Waals surface area contributed by atoms with Crippen LogP contribution in [0.1, 0.15) is 11.3 Å². The van der Waals surface area contributed by atoms with E-state index in [0.717, 1.165) is 22.6 Å². The summed E-state index contributed by atoms with van der Waals surface area (Å²) in [5, 5.41) is 0. The highest BCUT2D eigenvalue weighted by Gasteiger charge is 2.10. The molecule has 3 aromatic heterocycles. The standard InChI is InChI=1S/C14H12BrN3O/c1-8-3-4-13-17-12(7-18(13)6-8)10-5-11(15)14(19)16-9(10)2/h3-7H,1-2H3,(H,16,19). The molecule has 3 aromatic rings. The highest BCUT2D eigenvalue weighted by Crippen LogP contribution is 2.23. The van der Waals surface area contributed by atoms with E-state index in [0.29, 0.717) is 4.47 Å². The van der Waals surface area contributed by atoms with Gasteiger partial charge in [0, 0.05) is 23.7 Å². The second kappa shape index (κ2) is 4.35. The Morgan fingerprint density at radius 3 is 2.84 bits per heavy atom. The second-order valence-electron chi connectivity index (χ2n) is 4.58. The maximum Gasteiger partial charge on any atom is 0.262 e. The van der Waals surface area contributed by atoms with Crippen molar-refractivity contribution >= 4 is 21.6 Å². The lowest BCUT2D eigenvalue weighted by Gasteiger charge is -2.02. The minimum Gasteiger partial charge on any atom is -0.325 e. The molecule has 3 rings (SSSR count). The van der Waals surface area contributed by atoms with Crippen molar-refractivity contribution in [3.8, 4) is 11.3 Å². The summed E-state index contributed by atoms with van der Waals surface area (Å²) in [5.74, 6) is 0. The fourth-order valence-corrected chi connectivity index (χ4v) is 2.42. The van der Waals surface area contributed by atoms with Crippen LogP contribution in [0.15, 0.2) is 39.9 Å². The van der Waals surface area contributed by atoms with E-state index in [2.05, 4.69) is 25.9 Å². The normalized spacial score (nSPS) is 11.1. The van der Waals surface area contributed by atoms with Gasteiger partial charge in [-0.05, 0) is 47.5 Å². The van der Waals surface area contributed by atoms with E-state index in [4.69, 9.17) is 0 Å². The number of nitrogens with one attached hydrogen (secondary N) is 1. The number of aromatic amines is 1. The van der Waals surface area contributed by atoms with Gasteiger partial charge < -0.3 is 9.38 Å². The zero-order valence-electron chi connectivity index (χ0n) is 10.6. The summed E-state index contributed by atoms with van der Waals surface area (Å²) < 4.78 is 2.50. The first-order valence-corrected chi connectivity index (χ1v) is 6.69. The number of rotatable bonds is 1. The fourth-order valence-electron chi connectivity index (χ4n) is 2.10. The average molecular weight is 318 g/mol. The van der Waals surface area contributed by atoms with Crippen LogP contribution in [-0.2, 0) is 0 Å². The molecule has 19 heavy (non-hydrogen) atoms. The SMILES string of the molecule is Cc1ccc2nc(-c3cc(Br)c(=O)[nH]c3C)cn2c1. The Bertz CT molecular complexity index is 832. The molecule has 0 saturated heterocycles. The van der Waals surface area contributed by atoms with E-state index in [-0.39, 0.29) is 5.56 Å². The molecule has 4 nitrogen and oxygen atoms in total. The number of nitrogens with zero attached hydrogens (tertiary/aromatic N) is 2. The molecule has 0 aliphatic carbocycles. The van der Waals surface area contributed by atoms with Crippen LogP contribution < -0.4 is 5.56 Å². The minimum atomic E-state index is -0.124. The molecule has 0 atom stereocenters. The van der Waals surface area contributed by atoms with E-state index >= 15 is 0 Å². The molecule has 0 aliphatic rings. The monoisotopic (exact) mass is 317 g/mol. The number of aromatic nitrogens is 3. The molecule has 5 heteroatoms. The quantitative estimate of drug-likeness (QED) is 0.750. The van der Waals surface area contributed by atoms with Crippen LogP contribution in [0.2, 0.25) is 0 Å². The van der Waals surface area contributed by atoms with Gasteiger partial charge in [0.15, 0.2) is 0 Å². The average Bonchev–Trinajstić information content (AvgIpc) is 2.76. The molecule has 0 unspecified atom stereocenters. The van der Waals surface area contributed by atoms with Crippen molar-refractivity contribution in [2.24, 2.45) is 0 Å². The molecule has 0 amide bonds. The lowest BCUT2D eigenvalue weighted by molar-refractivity contribution is 1.13. The lowest BCUT2D eigenvalue weighted by Crippen LogP contribution is -2.08. The summed E-state index contributed by atoms with van der Waals surface area (Å²) >= 11 is 3.25. The topological polar surface area (TPSA) is 50.2 Å². The number of hydrogen-bond donors (Lipinski definition) is 1. The van der Waals surface area contributed by atoms with E-state index in [1.165, 1.54) is 5.56 Å². The minimum absolute atomic E-state index is 0.124. The predicted molar refractivity (Wildman–Crippen MR) is 78.4 cm³/mol. The molecule has 0 radical (unpaired) electrons. The molecule has 1 N–H and O–H groups in total. The third kappa shape index (κ3) is 2.10. The van der Waals surface area contributed by atoms with Gasteiger partial charge in [-0.25, -0.2) is 4.98 Å². The van der Waals surface area contributed by atoms with Gasteiger partial charge in [-0.1, -0.05) is 6.07 Å². The molecule has 0 fully saturated rings. The molecular formula is C14H12BrN3O. The number of pyridine rings is 2. The van der Waals surface area contributed by atoms with Crippen LogP contribution in [0, 0.1) is 13.8 Å². The van der Waals surface area contributed by atoms with Gasteiger partial charge in [0.25, 0.3) is 5.56 Å². The number of hydrogen-bond acceptors (Lipinski definition) is 2. The van der Waals surface area contributed by atoms with Crippen molar-refractivity contribution < 1.29 is 0 Å². The Kier molecular flexibility index (Phi) is 2.78. The van der Waals surface area contributed by atoms with Crippen LogP contribution >= 0.6 is 15.9 Å². The molecule has 0 spiro atoms. The van der Waals surface area contributed by atoms with Crippen LogP contribution in [0.5, 0.6) is 0 Å². The highest BCUT2D eigenvalue weighted by atomic mass is 79.9. The first-order chi connectivity index (χ1) is 9.04. The van der Waals surface area contributed by atoms with Crippen molar-refractivity contribution in [2.45, 2.75) is 13.8 Å². The first kappa shape index (κ1) is 12.2. The lowest BCUT2D eigenvalue weighted by atomic mass is 10.1. The van der Waals surface area contributed by atoms with Gasteiger partial charge in [-0.15, -0.1) is 0 Å². The van der Waals surface area contributed by atoms with Crippen molar-refractivity contribution in [1.82, 2.24) is 14.4 Å². The van der Waals surface area contributed by atoms with Gasteiger partial charge in [0.2, 0.25) is 0 Å². The van der Waals surface area contributed by atoms with Crippen molar-refractivity contribution in [1.29, 1.82) is 0 Å². The largest absolute Gasteiger partial charge is 0.325 e. The number of H-pyrrole nitrogens is 1. The smallest absolute Gasteiger partial charge is 0.262 e. The highest BCUT2D eigenvalue weighted by molar-refractivity contribution is 9.10. The van der Waals surface area contributed by atoms with Gasteiger partial charge in [-0.2, -0.15) is 0 Å². The van der Waals surface area contributed by atoms with E-state index in [1.807, 2.05) is 48.8 Å². The Morgan fingerprint density at radius 1 is 1.26 bits per heavy atom. The van der Waals surface area contributed by atoms with E-state index in [9.17, 15) is 4.79 Å². The molecule has 3 heterocycles. The first-order valence-electron chi connectivity index (χ1n) is 5.90. The second-order valence-corrected chi connectivity index (χ2v) is 5.44. The summed E-state index contributed by atoms with van der Waals surface area (Å²) in [6.45, 7) is 3.92. The zero-order valence-corrected chi connectivity index (χ0v) is 12.2. The Labute approximate surface area is 118 Å². The molecule has 0 aromatic carbocycles. The summed E-state index contributed by atoms with van der Waals surface area (Å²) in [7, 11) is 0. The Morgan fingerprint density at radius 2 is 2.05 bits per heavy atom. The Balaban J connectivity index is 2.24. The van der Waals surface area contributed by atoms with Crippen LogP contribution in [-0.4, -0.2) is 14.4 Å². The summed E-state index contributed by atoms with van der Waals surface area (Å²) in [5.41, 5.74) is 4.53. The maximum atomic E-state index is 11.5. The fraction of sp³-hybridized carbons (Fsp3) is 0.143. The van der Waals surface area contributed by atoms with Crippen molar-refractivity contribution in [2.75, 3.05) is 0 Å². The molecule has 0 bridgehead atoms. The van der Waals surface area contributed by atoms with Crippen LogP contribution in [0.25, 0.3) is 16.9 Å². The zero-order chi connectivity index (χ0) is 13.6. The number of imidazole rings is 1. The summed E-state index contributed by atoms with van der Waals surface area (Å²) in [6.07, 6.45) is 4.00. The molecule has 0 saturated carbocycles. The maximum absolute atomic E-state index is 11.5. The number of aryl methyl sites for hydroxylation is 2. The van der Waals surface area contributed by atoms with Gasteiger partial charge in [-0.3, -0.25) is 4.79 Å². The van der Waals surface area contributed by atoms with Gasteiger partial charge in [0.1, 0.15) is 5.65 Å². The summed E-state index contributed by atoms with van der Waals surface area (Å²) in [6, 6.07) is 5.82. The van der Waals surface area contributed by atoms with Crippen molar-refractivity contribution in [3.63, 3.8) is 0 Å². The number of halogens is 1. The van der Waals surface area contributed by atoms with Gasteiger partial charge in [0.05, 0.1) is 10.2 Å². The van der Waals surface area contributed by atoms with Crippen LogP contribution in [0.4, 0.5) is 0 Å². The van der Waals surface area contributed by atoms with E-state index < -0.39 is 0 Å². The molecule has 96 valence electrons. The van der Waals surface area contributed by atoms with Crippen molar-refractivity contribution in [3.05, 3.63) is 56.7 Å². The Hall–Kier alpha value is -1.88. The summed E-state index contributed by atoms with van der Waals surface area (Å²) in [4.78, 5) is 18.9. The third-order valence-corrected chi connectivity index (χ3v) is 3.66. The molecular weight excluding hydrogens is 306 g/mol. The van der Waals surface area contributed by atoms with Crippen LogP contribution in [0.3, 0.4) is 0 Å². The number of fused-ring (bicyclic) bond motifs is 1. The van der Waals surface area contributed by atoms with Gasteiger partial charge >= 0.3 is 0 Å². The predicted octanol–water partition coefficient (Wildman–Crippen LogP) is 3.07. The van der Waals surface area contributed by atoms with E-state index in [1.54, 1.807) is 0 Å².